The lowest BCUT2D eigenvalue weighted by Crippen LogP contribution is -2.47. The molecule has 2 saturated heterocycles. The van der Waals surface area contributed by atoms with Crippen LogP contribution in [0.25, 0.3) is 0 Å². The van der Waals surface area contributed by atoms with Gasteiger partial charge in [-0.05, 0) is 11.8 Å². The van der Waals surface area contributed by atoms with Gasteiger partial charge in [-0.15, -0.1) is 0 Å². The van der Waals surface area contributed by atoms with Crippen LogP contribution in [0.3, 0.4) is 0 Å². The molecule has 0 saturated carbocycles. The van der Waals surface area contributed by atoms with Gasteiger partial charge in [0.05, 0.1) is 6.10 Å². The second kappa shape index (κ2) is 3.12. The van der Waals surface area contributed by atoms with Crippen LogP contribution >= 0.6 is 0 Å². The zero-order chi connectivity index (χ0) is 10.5. The Hall–Kier alpha value is -0.260. The molecule has 4 atom stereocenters. The van der Waals surface area contributed by atoms with E-state index >= 15 is 0 Å². The van der Waals surface area contributed by atoms with Gasteiger partial charge >= 0.3 is 6.11 Å². The Labute approximate surface area is 81.0 Å². The molecule has 2 heterocycles. The molecule has 14 heavy (non-hydrogen) atoms. The van der Waals surface area contributed by atoms with Gasteiger partial charge in [0.25, 0.3) is 0 Å². The maximum atomic E-state index is 13.1. The van der Waals surface area contributed by atoms with Crippen molar-refractivity contribution in [3.63, 3.8) is 0 Å². The molecule has 0 unspecified atom stereocenters. The van der Waals surface area contributed by atoms with Crippen molar-refractivity contribution in [3.8, 4) is 0 Å². The average Bonchev–Trinajstić information content (AvgIpc) is 2.30. The van der Waals surface area contributed by atoms with E-state index in [1.807, 2.05) is 13.8 Å². The Bertz CT molecular complexity index is 232. The second-order valence-corrected chi connectivity index (χ2v) is 4.30. The van der Waals surface area contributed by atoms with Crippen LogP contribution in [-0.4, -0.2) is 29.7 Å². The first-order chi connectivity index (χ1) is 6.42. The quantitative estimate of drug-likeness (QED) is 0.707. The van der Waals surface area contributed by atoms with Crippen molar-refractivity contribution >= 4 is 0 Å². The molecule has 0 spiro atoms. The summed E-state index contributed by atoms with van der Waals surface area (Å²) in [7, 11) is 0. The van der Waals surface area contributed by atoms with Crippen molar-refractivity contribution in [2.75, 3.05) is 0 Å². The van der Waals surface area contributed by atoms with E-state index in [0.717, 1.165) is 0 Å². The van der Waals surface area contributed by atoms with Crippen molar-refractivity contribution in [2.45, 2.75) is 44.9 Å². The van der Waals surface area contributed by atoms with E-state index in [1.54, 1.807) is 0 Å². The molecule has 2 aliphatic rings. The van der Waals surface area contributed by atoms with Gasteiger partial charge in [-0.2, -0.15) is 8.78 Å². The molecule has 3 nitrogen and oxygen atoms in total. The van der Waals surface area contributed by atoms with Crippen LogP contribution < -0.4 is 0 Å². The summed E-state index contributed by atoms with van der Waals surface area (Å²) in [4.78, 5) is 0. The van der Waals surface area contributed by atoms with Crippen LogP contribution in [0.15, 0.2) is 0 Å². The molecule has 0 radical (unpaired) electrons. The molecule has 2 rings (SSSR count). The minimum absolute atomic E-state index is 0.149. The third-order valence-electron chi connectivity index (χ3n) is 2.99. The molecule has 5 heteroatoms. The fourth-order valence-electron chi connectivity index (χ4n) is 2.15. The van der Waals surface area contributed by atoms with Crippen LogP contribution in [0.4, 0.5) is 8.78 Å². The highest BCUT2D eigenvalue weighted by atomic mass is 19.3. The summed E-state index contributed by atoms with van der Waals surface area (Å²) in [5, 5.41) is 9.68. The van der Waals surface area contributed by atoms with E-state index in [2.05, 4.69) is 4.74 Å². The fourth-order valence-corrected chi connectivity index (χ4v) is 2.15. The summed E-state index contributed by atoms with van der Waals surface area (Å²) in [6.07, 6.45) is -6.48. The zero-order valence-corrected chi connectivity index (χ0v) is 8.11. The van der Waals surface area contributed by atoms with E-state index in [0.29, 0.717) is 6.42 Å². The van der Waals surface area contributed by atoms with Gasteiger partial charge in [0.15, 0.2) is 12.4 Å². The van der Waals surface area contributed by atoms with Crippen molar-refractivity contribution in [1.29, 1.82) is 0 Å². The zero-order valence-electron chi connectivity index (χ0n) is 8.11. The van der Waals surface area contributed by atoms with Crippen molar-refractivity contribution < 1.29 is 23.4 Å². The number of halogens is 2. The van der Waals surface area contributed by atoms with Crippen LogP contribution in [0, 0.1) is 11.8 Å². The Morgan fingerprint density at radius 2 is 2.07 bits per heavy atom. The number of aliphatic hydroxyl groups excluding tert-OH is 1. The van der Waals surface area contributed by atoms with Crippen LogP contribution in [-0.2, 0) is 9.47 Å². The standard InChI is InChI=1S/C9H14F2O3/c1-4(2)5-3-6-13-8(7(5)12)9(10,11)14-6/h4-8,12H,3H2,1-2H3/t5-,6+,7-,8+/m0/s1. The first kappa shape index (κ1) is 10.3. The lowest BCUT2D eigenvalue weighted by molar-refractivity contribution is -0.233. The largest absolute Gasteiger partial charge is 0.390 e. The van der Waals surface area contributed by atoms with Gasteiger partial charge in [-0.25, -0.2) is 0 Å². The van der Waals surface area contributed by atoms with E-state index in [9.17, 15) is 13.9 Å². The third-order valence-corrected chi connectivity index (χ3v) is 2.99. The lowest BCUT2D eigenvalue weighted by atomic mass is 9.83. The maximum absolute atomic E-state index is 13.1. The van der Waals surface area contributed by atoms with Gasteiger partial charge in [-0.1, -0.05) is 13.8 Å². The Morgan fingerprint density at radius 3 is 2.64 bits per heavy atom. The molecular weight excluding hydrogens is 194 g/mol. The van der Waals surface area contributed by atoms with Crippen molar-refractivity contribution in [2.24, 2.45) is 11.8 Å². The Morgan fingerprint density at radius 1 is 1.43 bits per heavy atom. The predicted octanol–water partition coefficient (Wildman–Crippen LogP) is 1.36. The molecular formula is C9H14F2O3. The van der Waals surface area contributed by atoms with Crippen molar-refractivity contribution in [3.05, 3.63) is 0 Å². The minimum atomic E-state index is -3.34. The number of aliphatic hydroxyl groups is 1. The molecule has 1 N–H and O–H groups in total. The smallest absolute Gasteiger partial charge is 0.386 e. The van der Waals surface area contributed by atoms with Gasteiger partial charge in [0, 0.05) is 6.42 Å². The molecule has 2 aliphatic heterocycles. The number of fused-ring (bicyclic) bond motifs is 2. The summed E-state index contributed by atoms with van der Waals surface area (Å²) in [6.45, 7) is 3.80. The van der Waals surface area contributed by atoms with Crippen molar-refractivity contribution in [1.82, 2.24) is 0 Å². The fraction of sp³-hybridized carbons (Fsp3) is 1.00. The number of hydrogen-bond donors (Lipinski definition) is 1. The van der Waals surface area contributed by atoms with E-state index in [1.165, 1.54) is 0 Å². The predicted molar refractivity (Wildman–Crippen MR) is 43.6 cm³/mol. The molecule has 0 aromatic carbocycles. The summed E-state index contributed by atoms with van der Waals surface area (Å²) < 4.78 is 35.5. The number of hydrogen-bond acceptors (Lipinski definition) is 3. The van der Waals surface area contributed by atoms with Gasteiger partial charge < -0.3 is 9.84 Å². The molecule has 2 fully saturated rings. The van der Waals surface area contributed by atoms with Gasteiger partial charge in [0.2, 0.25) is 0 Å². The maximum Gasteiger partial charge on any atom is 0.386 e. The average molecular weight is 208 g/mol. The Balaban J connectivity index is 2.19. The third kappa shape index (κ3) is 1.43. The summed E-state index contributed by atoms with van der Waals surface area (Å²) in [5.74, 6) is -0.0245. The topological polar surface area (TPSA) is 38.7 Å². The van der Waals surface area contributed by atoms with E-state index in [-0.39, 0.29) is 11.8 Å². The Kier molecular flexibility index (Phi) is 2.28. The normalized spacial score (nSPS) is 45.9. The molecule has 0 aliphatic carbocycles. The lowest BCUT2D eigenvalue weighted by Gasteiger charge is -2.34. The first-order valence-corrected chi connectivity index (χ1v) is 4.81. The monoisotopic (exact) mass is 208 g/mol. The van der Waals surface area contributed by atoms with E-state index < -0.39 is 24.6 Å². The highest BCUT2D eigenvalue weighted by molar-refractivity contribution is 4.93. The number of ether oxygens (including phenoxy) is 2. The highest BCUT2D eigenvalue weighted by Gasteiger charge is 2.60. The van der Waals surface area contributed by atoms with Crippen LogP contribution in [0.5, 0.6) is 0 Å². The number of alkyl halides is 2. The number of rotatable bonds is 1. The molecule has 82 valence electrons. The van der Waals surface area contributed by atoms with Gasteiger partial charge in [-0.3, -0.25) is 4.74 Å². The first-order valence-electron chi connectivity index (χ1n) is 4.81. The molecule has 0 amide bonds. The van der Waals surface area contributed by atoms with Crippen LogP contribution in [0.1, 0.15) is 20.3 Å². The second-order valence-electron chi connectivity index (χ2n) is 4.30. The molecule has 0 aromatic rings. The minimum Gasteiger partial charge on any atom is -0.390 e. The summed E-state index contributed by atoms with van der Waals surface area (Å²) >= 11 is 0. The summed E-state index contributed by atoms with van der Waals surface area (Å²) in [5.41, 5.74) is 0. The SMILES string of the molecule is CC(C)[C@@H]1C[C@@H]2O[C@H]([C@H]1O)C(F)(F)O2. The van der Waals surface area contributed by atoms with E-state index in [4.69, 9.17) is 4.74 Å². The molecule has 2 bridgehead atoms. The molecule has 0 aromatic heterocycles. The summed E-state index contributed by atoms with van der Waals surface area (Å²) in [6, 6.07) is 0. The highest BCUT2D eigenvalue weighted by Crippen LogP contribution is 2.45. The van der Waals surface area contributed by atoms with Crippen LogP contribution in [0.2, 0.25) is 0 Å². The van der Waals surface area contributed by atoms with Gasteiger partial charge in [0.1, 0.15) is 0 Å².